The van der Waals surface area contributed by atoms with Crippen LogP contribution in [0, 0.1) is 0 Å². The van der Waals surface area contributed by atoms with Crippen molar-refractivity contribution in [2.24, 2.45) is 0 Å². The van der Waals surface area contributed by atoms with Crippen LogP contribution >= 0.6 is 0 Å². The van der Waals surface area contributed by atoms with E-state index in [0.29, 0.717) is 0 Å². The molecule has 0 aromatic heterocycles. The van der Waals surface area contributed by atoms with E-state index in [0.717, 1.165) is 9.80 Å². The fourth-order valence-electron chi connectivity index (χ4n) is 5.95. The summed E-state index contributed by atoms with van der Waals surface area (Å²) in [6, 6.07) is 6.07. The fraction of sp³-hybridized carbons (Fsp3) is 0.312. The van der Waals surface area contributed by atoms with Gasteiger partial charge in [0.05, 0.1) is 28.9 Å². The Morgan fingerprint density at radius 2 is 1.14 bits per heavy atom. The quantitative estimate of drug-likeness (QED) is 0.107. The van der Waals surface area contributed by atoms with Crippen molar-refractivity contribution in [1.82, 2.24) is 31.2 Å². The number of benzene rings is 2. The van der Waals surface area contributed by atoms with Crippen molar-refractivity contribution in [3.63, 3.8) is 0 Å². The van der Waals surface area contributed by atoms with E-state index in [2.05, 4.69) is 21.4 Å². The Morgan fingerprint density at radius 1 is 0.667 bits per heavy atom. The van der Waals surface area contributed by atoms with Gasteiger partial charge in [-0.3, -0.25) is 73.2 Å². The second-order valence-corrected chi connectivity index (χ2v) is 11.6. The molecule has 4 heterocycles. The molecular weight excluding hydrogens is 676 g/mol. The largest absolute Gasteiger partial charge is 0.483 e. The van der Waals surface area contributed by atoms with E-state index in [1.807, 2.05) is 0 Å². The number of rotatable bonds is 12. The number of fused-ring (bicyclic) bond motifs is 2. The van der Waals surface area contributed by atoms with Crippen LogP contribution in [0.15, 0.2) is 36.4 Å². The van der Waals surface area contributed by atoms with Crippen LogP contribution in [0.25, 0.3) is 0 Å². The molecule has 4 aliphatic heterocycles. The molecule has 2 saturated heterocycles. The minimum Gasteiger partial charge on any atom is -0.483 e. The SMILES string of the molecule is O=C(COc1cccc2c1C(=O)N(C1CCC(=O)NC1=O)C2=O)NCCONC(=O)COc1cccc2c1C(=O)N(C1CCC(=O)NC1=O)C2=O. The summed E-state index contributed by atoms with van der Waals surface area (Å²) in [5.74, 6) is -7.14. The first-order valence-electron chi connectivity index (χ1n) is 15.6. The van der Waals surface area contributed by atoms with E-state index in [4.69, 9.17) is 14.3 Å². The molecule has 2 aromatic rings. The Morgan fingerprint density at radius 3 is 1.61 bits per heavy atom. The van der Waals surface area contributed by atoms with Crippen LogP contribution in [-0.4, -0.2) is 107 Å². The van der Waals surface area contributed by atoms with E-state index in [9.17, 15) is 47.9 Å². The second-order valence-electron chi connectivity index (χ2n) is 11.6. The molecule has 10 amide bonds. The third kappa shape index (κ3) is 6.73. The molecule has 0 spiro atoms. The number of carbonyl (C=O) groups excluding carboxylic acids is 10. The van der Waals surface area contributed by atoms with Gasteiger partial charge in [-0.05, 0) is 37.1 Å². The summed E-state index contributed by atoms with van der Waals surface area (Å²) in [6.45, 7) is -1.46. The van der Waals surface area contributed by atoms with Gasteiger partial charge in [0.2, 0.25) is 23.6 Å². The number of amides is 10. The molecule has 2 aromatic carbocycles. The third-order valence-electron chi connectivity index (χ3n) is 8.29. The molecule has 2 fully saturated rings. The first-order valence-corrected chi connectivity index (χ1v) is 15.6. The molecule has 51 heavy (non-hydrogen) atoms. The molecule has 4 N–H and O–H groups in total. The van der Waals surface area contributed by atoms with E-state index < -0.39 is 84.4 Å². The van der Waals surface area contributed by atoms with Gasteiger partial charge in [-0.25, -0.2) is 5.48 Å². The summed E-state index contributed by atoms with van der Waals surface area (Å²) in [6.07, 6.45) is -0.121. The van der Waals surface area contributed by atoms with Gasteiger partial charge >= 0.3 is 0 Å². The molecular formula is C32H28N6O13. The first-order chi connectivity index (χ1) is 24.5. The summed E-state index contributed by atoms with van der Waals surface area (Å²) >= 11 is 0. The van der Waals surface area contributed by atoms with Crippen molar-refractivity contribution in [2.75, 3.05) is 26.4 Å². The van der Waals surface area contributed by atoms with Gasteiger partial charge in [-0.2, -0.15) is 0 Å². The van der Waals surface area contributed by atoms with Crippen molar-refractivity contribution in [3.05, 3.63) is 58.7 Å². The standard InChI is InChI=1S/C32H28N6O13/c39-21-9-7-17(27(43)34-21)37-29(45)15-3-1-5-19(25(15)31(37)47)49-13-23(41)33-11-12-51-36-24(42)14-50-20-6-2-4-16-26(20)32(48)38(30(16)46)18-8-10-22(40)35-28(18)44/h1-6,17-18H,7-14H2,(H,33,41)(H,36,42)(H,34,39,43)(H,35,40,44). The van der Waals surface area contributed by atoms with Crippen LogP contribution in [0.2, 0.25) is 0 Å². The van der Waals surface area contributed by atoms with Gasteiger partial charge in [0.1, 0.15) is 23.6 Å². The lowest BCUT2D eigenvalue weighted by Crippen LogP contribution is -2.54. The lowest BCUT2D eigenvalue weighted by atomic mass is 10.0. The van der Waals surface area contributed by atoms with Crippen molar-refractivity contribution in [1.29, 1.82) is 0 Å². The third-order valence-corrected chi connectivity index (χ3v) is 8.29. The molecule has 2 atom stereocenters. The Balaban J connectivity index is 0.931. The highest BCUT2D eigenvalue weighted by atomic mass is 16.7. The van der Waals surface area contributed by atoms with Gasteiger partial charge in [-0.15, -0.1) is 0 Å². The summed E-state index contributed by atoms with van der Waals surface area (Å²) < 4.78 is 11.0. The van der Waals surface area contributed by atoms with Crippen molar-refractivity contribution in [3.8, 4) is 11.5 Å². The predicted molar refractivity (Wildman–Crippen MR) is 164 cm³/mol. The van der Waals surface area contributed by atoms with Gasteiger partial charge in [0.15, 0.2) is 13.2 Å². The molecule has 19 nitrogen and oxygen atoms in total. The first kappa shape index (κ1) is 34.4. The zero-order valence-electron chi connectivity index (χ0n) is 26.5. The highest BCUT2D eigenvalue weighted by molar-refractivity contribution is 6.25. The van der Waals surface area contributed by atoms with E-state index in [1.165, 1.54) is 36.4 Å². The number of imide groups is 4. The highest BCUT2D eigenvalue weighted by Crippen LogP contribution is 2.35. The van der Waals surface area contributed by atoms with Gasteiger partial charge in [-0.1, -0.05) is 12.1 Å². The van der Waals surface area contributed by atoms with Gasteiger partial charge in [0.25, 0.3) is 35.4 Å². The number of nitrogens with one attached hydrogen (secondary N) is 4. The molecule has 2 unspecified atom stereocenters. The second kappa shape index (κ2) is 14.2. The normalized spacial score (nSPS) is 19.8. The van der Waals surface area contributed by atoms with Gasteiger partial charge in [0, 0.05) is 19.4 Å². The maximum absolute atomic E-state index is 13.1. The van der Waals surface area contributed by atoms with Crippen LogP contribution < -0.4 is 30.9 Å². The number of ether oxygens (including phenoxy) is 2. The topological polar surface area (TPSA) is 253 Å². The van der Waals surface area contributed by atoms with Crippen molar-refractivity contribution < 1.29 is 62.3 Å². The smallest absolute Gasteiger partial charge is 0.281 e. The molecule has 264 valence electrons. The van der Waals surface area contributed by atoms with E-state index >= 15 is 0 Å². The molecule has 19 heteroatoms. The minimum absolute atomic E-state index is 0.0123. The predicted octanol–water partition coefficient (Wildman–Crippen LogP) is -1.89. The Bertz CT molecular complexity index is 1790. The number of piperidine rings is 2. The van der Waals surface area contributed by atoms with Gasteiger partial charge < -0.3 is 14.8 Å². The van der Waals surface area contributed by atoms with Crippen LogP contribution in [0.5, 0.6) is 11.5 Å². The number of nitrogens with zero attached hydrogens (tertiary/aromatic N) is 2. The maximum Gasteiger partial charge on any atom is 0.281 e. The van der Waals surface area contributed by atoms with E-state index in [-0.39, 0.29) is 72.6 Å². The monoisotopic (exact) mass is 704 g/mol. The number of hydrogen-bond acceptors (Lipinski definition) is 13. The number of hydroxylamine groups is 1. The summed E-state index contributed by atoms with van der Waals surface area (Å²) in [4.78, 5) is 131. The van der Waals surface area contributed by atoms with Crippen LogP contribution in [0.1, 0.15) is 67.1 Å². The molecule has 0 aliphatic carbocycles. The number of hydrogen-bond donors (Lipinski definition) is 4. The summed E-state index contributed by atoms with van der Waals surface area (Å²) in [5, 5.41) is 6.70. The Kier molecular flexibility index (Phi) is 9.54. The zero-order valence-corrected chi connectivity index (χ0v) is 26.5. The Labute approximate surface area is 286 Å². The number of carbonyl (C=O) groups is 10. The van der Waals surface area contributed by atoms with E-state index in [1.54, 1.807) is 0 Å². The molecule has 0 saturated carbocycles. The average molecular weight is 705 g/mol. The highest BCUT2D eigenvalue weighted by Gasteiger charge is 2.47. The summed E-state index contributed by atoms with van der Waals surface area (Å²) in [5.41, 5.74) is 1.82. The lowest BCUT2D eigenvalue weighted by molar-refractivity contribution is -0.137. The molecule has 0 bridgehead atoms. The fourth-order valence-corrected chi connectivity index (χ4v) is 5.95. The summed E-state index contributed by atoms with van der Waals surface area (Å²) in [7, 11) is 0. The zero-order chi connectivity index (χ0) is 36.4. The minimum atomic E-state index is -1.17. The van der Waals surface area contributed by atoms with Crippen LogP contribution in [-0.2, 0) is 33.6 Å². The lowest BCUT2D eigenvalue weighted by Gasteiger charge is -2.27. The maximum atomic E-state index is 13.1. The average Bonchev–Trinajstić information content (AvgIpc) is 3.51. The van der Waals surface area contributed by atoms with Crippen LogP contribution in [0.4, 0.5) is 0 Å². The molecule has 6 rings (SSSR count). The van der Waals surface area contributed by atoms with Crippen molar-refractivity contribution >= 4 is 59.1 Å². The molecule has 0 radical (unpaired) electrons. The van der Waals surface area contributed by atoms with Crippen LogP contribution in [0.3, 0.4) is 0 Å². The Hall–Kier alpha value is -6.50. The molecule has 4 aliphatic rings. The van der Waals surface area contributed by atoms with Crippen molar-refractivity contribution in [2.45, 2.75) is 37.8 Å².